The molecule has 0 spiro atoms. The highest BCUT2D eigenvalue weighted by molar-refractivity contribution is 5.99. The Morgan fingerprint density at radius 3 is 2.75 bits per heavy atom. The number of carbonyl (C=O) groups excluding carboxylic acids is 1. The van der Waals surface area contributed by atoms with Crippen molar-refractivity contribution in [2.75, 3.05) is 18.8 Å². The molecule has 0 fully saturated rings. The van der Waals surface area contributed by atoms with Gasteiger partial charge in [0.25, 0.3) is 5.91 Å². The van der Waals surface area contributed by atoms with E-state index in [-0.39, 0.29) is 5.91 Å². The van der Waals surface area contributed by atoms with Crippen LogP contribution in [0.3, 0.4) is 0 Å². The van der Waals surface area contributed by atoms with Gasteiger partial charge in [0, 0.05) is 18.8 Å². The van der Waals surface area contributed by atoms with Crippen molar-refractivity contribution in [3.8, 4) is 0 Å². The van der Waals surface area contributed by atoms with Crippen molar-refractivity contribution in [3.05, 3.63) is 41.5 Å². The minimum atomic E-state index is 0.0295. The summed E-state index contributed by atoms with van der Waals surface area (Å²) >= 11 is 0. The standard InChI is InChI=1S/C13H16N2O/c1-10-6-8-15(9-7-10)13(16)11-4-2-3-5-12(11)14/h2-6H,7-9,14H2,1H3. The SMILES string of the molecule is CC1=CCN(C(=O)c2ccccc2N)CC1. The lowest BCUT2D eigenvalue weighted by atomic mass is 10.1. The first kappa shape index (κ1) is 10.7. The maximum atomic E-state index is 12.1. The number of hydrogen-bond donors (Lipinski definition) is 1. The van der Waals surface area contributed by atoms with E-state index < -0.39 is 0 Å². The van der Waals surface area contributed by atoms with Crippen LogP contribution in [0.15, 0.2) is 35.9 Å². The lowest BCUT2D eigenvalue weighted by Gasteiger charge is -2.25. The van der Waals surface area contributed by atoms with Gasteiger partial charge in [0.2, 0.25) is 0 Å². The van der Waals surface area contributed by atoms with E-state index >= 15 is 0 Å². The Bertz CT molecular complexity index is 437. The fraction of sp³-hybridized carbons (Fsp3) is 0.308. The number of nitrogens with two attached hydrogens (primary N) is 1. The first-order valence-electron chi connectivity index (χ1n) is 5.48. The maximum Gasteiger partial charge on any atom is 0.256 e. The van der Waals surface area contributed by atoms with Crippen LogP contribution < -0.4 is 5.73 Å². The second-order valence-electron chi connectivity index (χ2n) is 4.14. The van der Waals surface area contributed by atoms with Gasteiger partial charge in [0.05, 0.1) is 5.56 Å². The number of carbonyl (C=O) groups is 1. The van der Waals surface area contributed by atoms with Crippen LogP contribution in [-0.2, 0) is 0 Å². The van der Waals surface area contributed by atoms with Crippen molar-refractivity contribution < 1.29 is 4.79 Å². The largest absolute Gasteiger partial charge is 0.398 e. The van der Waals surface area contributed by atoms with Crippen molar-refractivity contribution in [1.29, 1.82) is 0 Å². The summed E-state index contributed by atoms with van der Waals surface area (Å²) in [5, 5.41) is 0. The van der Waals surface area contributed by atoms with Crippen LogP contribution in [0.5, 0.6) is 0 Å². The first-order chi connectivity index (χ1) is 7.68. The van der Waals surface area contributed by atoms with Gasteiger partial charge in [-0.1, -0.05) is 23.8 Å². The molecule has 1 aliphatic heterocycles. The van der Waals surface area contributed by atoms with E-state index in [1.807, 2.05) is 17.0 Å². The molecule has 0 unspecified atom stereocenters. The molecule has 0 saturated carbocycles. The highest BCUT2D eigenvalue weighted by Gasteiger charge is 2.18. The van der Waals surface area contributed by atoms with Crippen LogP contribution in [0.4, 0.5) is 5.69 Å². The van der Waals surface area contributed by atoms with Crippen molar-refractivity contribution in [2.24, 2.45) is 0 Å². The molecule has 2 N–H and O–H groups in total. The highest BCUT2D eigenvalue weighted by atomic mass is 16.2. The minimum absolute atomic E-state index is 0.0295. The normalized spacial score (nSPS) is 15.8. The molecular weight excluding hydrogens is 200 g/mol. The van der Waals surface area contributed by atoms with Gasteiger partial charge in [-0.3, -0.25) is 4.79 Å². The highest BCUT2D eigenvalue weighted by Crippen LogP contribution is 2.17. The molecule has 0 atom stereocenters. The minimum Gasteiger partial charge on any atom is -0.398 e. The van der Waals surface area contributed by atoms with Gasteiger partial charge >= 0.3 is 0 Å². The van der Waals surface area contributed by atoms with Gasteiger partial charge in [0.15, 0.2) is 0 Å². The fourth-order valence-electron chi connectivity index (χ4n) is 1.82. The average molecular weight is 216 g/mol. The summed E-state index contributed by atoms with van der Waals surface area (Å²) < 4.78 is 0. The summed E-state index contributed by atoms with van der Waals surface area (Å²) in [7, 11) is 0. The Kier molecular flexibility index (Phi) is 2.95. The molecule has 2 rings (SSSR count). The van der Waals surface area contributed by atoms with Gasteiger partial charge in [-0.25, -0.2) is 0 Å². The molecule has 0 radical (unpaired) electrons. The van der Waals surface area contributed by atoms with E-state index in [2.05, 4.69) is 13.0 Å². The molecule has 1 aromatic rings. The van der Waals surface area contributed by atoms with Gasteiger partial charge in [-0.2, -0.15) is 0 Å². The van der Waals surface area contributed by atoms with Crippen LogP contribution in [-0.4, -0.2) is 23.9 Å². The topological polar surface area (TPSA) is 46.3 Å². The van der Waals surface area contributed by atoms with Crippen LogP contribution in [0.1, 0.15) is 23.7 Å². The van der Waals surface area contributed by atoms with Crippen molar-refractivity contribution >= 4 is 11.6 Å². The molecule has 3 nitrogen and oxygen atoms in total. The summed E-state index contributed by atoms with van der Waals surface area (Å²) in [6, 6.07) is 7.22. The zero-order valence-corrected chi connectivity index (χ0v) is 9.44. The molecular formula is C13H16N2O. The first-order valence-corrected chi connectivity index (χ1v) is 5.48. The summed E-state index contributed by atoms with van der Waals surface area (Å²) in [4.78, 5) is 14.0. The maximum absolute atomic E-state index is 12.1. The van der Waals surface area contributed by atoms with Crippen LogP contribution in [0.2, 0.25) is 0 Å². The molecule has 1 amide bonds. The van der Waals surface area contributed by atoms with Crippen molar-refractivity contribution in [1.82, 2.24) is 4.90 Å². The molecule has 84 valence electrons. The number of hydrogen-bond acceptors (Lipinski definition) is 2. The van der Waals surface area contributed by atoms with E-state index in [1.165, 1.54) is 5.57 Å². The predicted octanol–water partition coefficient (Wildman–Crippen LogP) is 2.06. The fourth-order valence-corrected chi connectivity index (χ4v) is 1.82. The average Bonchev–Trinajstić information content (AvgIpc) is 2.30. The van der Waals surface area contributed by atoms with E-state index in [4.69, 9.17) is 5.73 Å². The Morgan fingerprint density at radius 2 is 2.12 bits per heavy atom. The summed E-state index contributed by atoms with van der Waals surface area (Å²) in [6.45, 7) is 3.58. The van der Waals surface area contributed by atoms with Crippen LogP contribution in [0, 0.1) is 0 Å². The Hall–Kier alpha value is -1.77. The van der Waals surface area contributed by atoms with E-state index in [0.29, 0.717) is 17.8 Å². The lowest BCUT2D eigenvalue weighted by Crippen LogP contribution is -2.35. The Morgan fingerprint density at radius 1 is 1.38 bits per heavy atom. The number of nitrogen functional groups attached to an aromatic ring is 1. The molecule has 0 aromatic heterocycles. The predicted molar refractivity (Wildman–Crippen MR) is 65.1 cm³/mol. The second kappa shape index (κ2) is 4.39. The number of benzene rings is 1. The molecule has 1 aromatic carbocycles. The molecule has 0 saturated heterocycles. The lowest BCUT2D eigenvalue weighted by molar-refractivity contribution is 0.0770. The van der Waals surface area contributed by atoms with Crippen LogP contribution >= 0.6 is 0 Å². The van der Waals surface area contributed by atoms with Gasteiger partial charge < -0.3 is 10.6 Å². The summed E-state index contributed by atoms with van der Waals surface area (Å²) in [6.07, 6.45) is 3.05. The monoisotopic (exact) mass is 216 g/mol. The zero-order valence-electron chi connectivity index (χ0n) is 9.44. The number of amides is 1. The smallest absolute Gasteiger partial charge is 0.256 e. The number of rotatable bonds is 1. The molecule has 0 bridgehead atoms. The molecule has 0 aliphatic carbocycles. The third-order valence-electron chi connectivity index (χ3n) is 2.91. The van der Waals surface area contributed by atoms with E-state index in [9.17, 15) is 4.79 Å². The third-order valence-corrected chi connectivity index (χ3v) is 2.91. The third kappa shape index (κ3) is 2.08. The zero-order chi connectivity index (χ0) is 11.5. The second-order valence-corrected chi connectivity index (χ2v) is 4.14. The number of para-hydroxylation sites is 1. The van der Waals surface area contributed by atoms with Crippen LogP contribution in [0.25, 0.3) is 0 Å². The van der Waals surface area contributed by atoms with Crippen molar-refractivity contribution in [2.45, 2.75) is 13.3 Å². The number of anilines is 1. The molecule has 16 heavy (non-hydrogen) atoms. The summed E-state index contributed by atoms with van der Waals surface area (Å²) in [5.74, 6) is 0.0295. The van der Waals surface area contributed by atoms with Gasteiger partial charge in [0.1, 0.15) is 0 Å². The van der Waals surface area contributed by atoms with E-state index in [1.54, 1.807) is 12.1 Å². The van der Waals surface area contributed by atoms with Gasteiger partial charge in [-0.05, 0) is 25.5 Å². The summed E-state index contributed by atoms with van der Waals surface area (Å²) in [5.41, 5.74) is 8.31. The molecule has 1 aliphatic rings. The quantitative estimate of drug-likeness (QED) is 0.577. The molecule has 1 heterocycles. The molecule has 3 heteroatoms. The number of nitrogens with zero attached hydrogens (tertiary/aromatic N) is 1. The van der Waals surface area contributed by atoms with Gasteiger partial charge in [-0.15, -0.1) is 0 Å². The van der Waals surface area contributed by atoms with Crippen molar-refractivity contribution in [3.63, 3.8) is 0 Å². The Labute approximate surface area is 95.6 Å². The van der Waals surface area contributed by atoms with E-state index in [0.717, 1.165) is 13.0 Å². The Balaban J connectivity index is 2.18.